The summed E-state index contributed by atoms with van der Waals surface area (Å²) in [4.78, 5) is 43.0. The quantitative estimate of drug-likeness (QED) is 0.156. The molecule has 0 spiro atoms. The molecule has 2 saturated carbocycles. The summed E-state index contributed by atoms with van der Waals surface area (Å²) in [6, 6.07) is 16.3. The minimum atomic E-state index is -1.14. The van der Waals surface area contributed by atoms with Crippen LogP contribution in [0.2, 0.25) is 0 Å². The van der Waals surface area contributed by atoms with Crippen LogP contribution in [0.1, 0.15) is 97.0 Å². The summed E-state index contributed by atoms with van der Waals surface area (Å²) in [5.41, 5.74) is 4.77. The molecule has 2 fully saturated rings. The number of carboxylic acid groups (broad SMARTS) is 1. The number of carboxylic acids is 1. The van der Waals surface area contributed by atoms with Crippen LogP contribution in [0.5, 0.6) is 0 Å². The van der Waals surface area contributed by atoms with Crippen molar-refractivity contribution >= 4 is 40.4 Å². The third kappa shape index (κ3) is 5.90. The fourth-order valence-electron chi connectivity index (χ4n) is 7.90. The van der Waals surface area contributed by atoms with Crippen LogP contribution >= 0.6 is 0 Å². The van der Waals surface area contributed by atoms with Gasteiger partial charge < -0.3 is 30.5 Å². The lowest BCUT2D eigenvalue weighted by Crippen LogP contribution is -2.55. The number of aliphatic hydroxyl groups is 2. The summed E-state index contributed by atoms with van der Waals surface area (Å²) < 4.78 is 2.05. The van der Waals surface area contributed by atoms with E-state index in [-0.39, 0.29) is 18.4 Å². The predicted molar refractivity (Wildman–Crippen MR) is 182 cm³/mol. The molecule has 48 heavy (non-hydrogen) atoms. The maximum atomic E-state index is 14.0. The number of carbonyl (C=O) groups excluding carboxylic acids is 2. The van der Waals surface area contributed by atoms with Crippen LogP contribution in [-0.4, -0.2) is 54.3 Å². The van der Waals surface area contributed by atoms with Gasteiger partial charge in [0, 0.05) is 40.0 Å². The average Bonchev–Trinajstić information content (AvgIpc) is 3.68. The number of benzene rings is 2. The van der Waals surface area contributed by atoms with Gasteiger partial charge in [-0.1, -0.05) is 50.3 Å². The number of aromatic nitrogens is 2. The molecule has 2 aliphatic carbocycles. The molecule has 3 aliphatic rings. The first-order valence-electron chi connectivity index (χ1n) is 16.9. The Morgan fingerprint density at radius 2 is 1.69 bits per heavy atom. The predicted octanol–water partition coefficient (Wildman–Crippen LogP) is 5.94. The smallest absolute Gasteiger partial charge is 0.328 e. The minimum Gasteiger partial charge on any atom is -0.478 e. The molecule has 2 aromatic heterocycles. The second-order valence-corrected chi connectivity index (χ2v) is 13.4. The van der Waals surface area contributed by atoms with E-state index >= 15 is 0 Å². The van der Waals surface area contributed by atoms with Crippen molar-refractivity contribution in [1.82, 2.24) is 14.9 Å². The number of rotatable bonds is 7. The number of nitrogens with one attached hydrogen (secondary N) is 2. The highest BCUT2D eigenvalue weighted by atomic mass is 16.4. The molecule has 2 atom stereocenters. The van der Waals surface area contributed by atoms with E-state index in [0.29, 0.717) is 41.3 Å². The molecular weight excluding hydrogens is 608 g/mol. The fourth-order valence-corrected chi connectivity index (χ4v) is 7.90. The Morgan fingerprint density at radius 1 is 0.938 bits per heavy atom. The normalized spacial score (nSPS) is 20.6. The number of hydrogen-bond donors (Lipinski definition) is 5. The summed E-state index contributed by atoms with van der Waals surface area (Å²) in [7, 11) is 0. The second kappa shape index (κ2) is 13.0. The number of hydrogen-bond acceptors (Lipinski definition) is 6. The average molecular weight is 649 g/mol. The van der Waals surface area contributed by atoms with Crippen LogP contribution in [0.4, 0.5) is 5.69 Å². The number of aliphatic hydroxyl groups excluding tert-OH is 2. The number of carbonyl (C=O) groups is 3. The zero-order chi connectivity index (χ0) is 33.4. The highest BCUT2D eigenvalue weighted by Crippen LogP contribution is 2.47. The Labute approximate surface area is 278 Å². The van der Waals surface area contributed by atoms with Crippen LogP contribution in [-0.2, 0) is 16.1 Å². The minimum absolute atomic E-state index is 0.151. The van der Waals surface area contributed by atoms with E-state index in [1.165, 1.54) is 18.1 Å². The second-order valence-electron chi connectivity index (χ2n) is 13.4. The summed E-state index contributed by atoms with van der Waals surface area (Å²) in [5.74, 6) is -1.37. The summed E-state index contributed by atoms with van der Waals surface area (Å²) in [6.45, 7) is 0.151. The molecule has 0 bridgehead atoms. The Hall–Kier alpha value is -4.80. The number of fused-ring (bicyclic) bond motifs is 5. The highest BCUT2D eigenvalue weighted by molar-refractivity contribution is 6.06. The molecule has 10 nitrogen and oxygen atoms in total. The molecule has 3 heterocycles. The molecule has 10 heteroatoms. The van der Waals surface area contributed by atoms with Crippen molar-refractivity contribution in [3.63, 3.8) is 0 Å². The van der Waals surface area contributed by atoms with E-state index in [2.05, 4.69) is 15.6 Å². The van der Waals surface area contributed by atoms with E-state index in [9.17, 15) is 24.6 Å². The van der Waals surface area contributed by atoms with Crippen LogP contribution in [0.15, 0.2) is 66.9 Å². The Morgan fingerprint density at radius 3 is 2.42 bits per heavy atom. The maximum absolute atomic E-state index is 14.0. The molecule has 5 N–H and O–H groups in total. The first-order chi connectivity index (χ1) is 23.2. The molecule has 2 aromatic carbocycles. The molecule has 1 aliphatic heterocycles. The van der Waals surface area contributed by atoms with Gasteiger partial charge in [-0.05, 0) is 85.2 Å². The largest absolute Gasteiger partial charge is 0.478 e. The van der Waals surface area contributed by atoms with Crippen molar-refractivity contribution in [2.24, 2.45) is 0 Å². The number of pyridine rings is 1. The van der Waals surface area contributed by atoms with Crippen LogP contribution in [0, 0.1) is 0 Å². The first kappa shape index (κ1) is 31.8. The lowest BCUT2D eigenvalue weighted by molar-refractivity contribution is -0.131. The van der Waals surface area contributed by atoms with Gasteiger partial charge in [0.1, 0.15) is 17.7 Å². The SMILES string of the molecule is O=C(O)/C=C/c1ccc(NC(=O)C2(NC(=O)c3ccc4c(C5CCCCC5)c5n(c4c3)C[C@@H](O)[C@@H](O)c3ncccc3-5)CCCC2)cc1. The Balaban J connectivity index is 1.22. The van der Waals surface area contributed by atoms with Crippen molar-refractivity contribution in [1.29, 1.82) is 0 Å². The van der Waals surface area contributed by atoms with Gasteiger partial charge in [0.2, 0.25) is 5.91 Å². The summed E-state index contributed by atoms with van der Waals surface area (Å²) in [6.07, 6.45) is 10.1. The zero-order valence-electron chi connectivity index (χ0n) is 26.7. The first-order valence-corrected chi connectivity index (χ1v) is 16.9. The molecule has 4 aromatic rings. The number of nitrogens with zero attached hydrogens (tertiary/aromatic N) is 2. The van der Waals surface area contributed by atoms with Gasteiger partial charge in [0.15, 0.2) is 0 Å². The molecule has 2 amide bonds. The van der Waals surface area contributed by atoms with Crippen molar-refractivity contribution in [2.75, 3.05) is 5.32 Å². The Bertz CT molecular complexity index is 1900. The zero-order valence-corrected chi connectivity index (χ0v) is 26.7. The van der Waals surface area contributed by atoms with Crippen LogP contribution < -0.4 is 10.6 Å². The molecule has 7 rings (SSSR count). The lowest BCUT2D eigenvalue weighted by atomic mass is 9.81. The maximum Gasteiger partial charge on any atom is 0.328 e. The summed E-state index contributed by atoms with van der Waals surface area (Å²) in [5, 5.41) is 38.1. The van der Waals surface area contributed by atoms with E-state index in [1.807, 2.05) is 34.9 Å². The van der Waals surface area contributed by atoms with Gasteiger partial charge in [-0.25, -0.2) is 4.79 Å². The van der Waals surface area contributed by atoms with E-state index < -0.39 is 23.7 Å². The molecule has 0 radical (unpaired) electrons. The van der Waals surface area contributed by atoms with E-state index in [1.54, 1.807) is 30.5 Å². The van der Waals surface area contributed by atoms with Gasteiger partial charge in [-0.2, -0.15) is 0 Å². The summed E-state index contributed by atoms with van der Waals surface area (Å²) >= 11 is 0. The molecular formula is C38H40N4O6. The monoisotopic (exact) mass is 648 g/mol. The number of aliphatic carboxylic acids is 1. The number of amides is 2. The molecule has 248 valence electrons. The van der Waals surface area contributed by atoms with Gasteiger partial charge in [0.05, 0.1) is 17.9 Å². The topological polar surface area (TPSA) is 154 Å². The van der Waals surface area contributed by atoms with Gasteiger partial charge in [0.25, 0.3) is 5.91 Å². The third-order valence-electron chi connectivity index (χ3n) is 10.3. The van der Waals surface area contributed by atoms with Gasteiger partial charge >= 0.3 is 5.97 Å². The van der Waals surface area contributed by atoms with Crippen LogP contribution in [0.25, 0.3) is 28.2 Å². The van der Waals surface area contributed by atoms with Crippen molar-refractivity contribution in [3.05, 3.63) is 89.3 Å². The van der Waals surface area contributed by atoms with Crippen molar-refractivity contribution < 1.29 is 29.7 Å². The lowest BCUT2D eigenvalue weighted by Gasteiger charge is -2.29. The Kier molecular flexibility index (Phi) is 8.61. The van der Waals surface area contributed by atoms with Crippen LogP contribution in [0.3, 0.4) is 0 Å². The molecule has 0 unspecified atom stereocenters. The number of anilines is 1. The molecule has 0 saturated heterocycles. The van der Waals surface area contributed by atoms with Crippen molar-refractivity contribution in [3.8, 4) is 11.3 Å². The van der Waals surface area contributed by atoms with E-state index in [4.69, 9.17) is 5.11 Å². The fraction of sp³-hybridized carbons (Fsp3) is 0.368. The van der Waals surface area contributed by atoms with Gasteiger partial charge in [-0.15, -0.1) is 0 Å². The van der Waals surface area contributed by atoms with Crippen molar-refractivity contribution in [2.45, 2.75) is 88.0 Å². The van der Waals surface area contributed by atoms with Gasteiger partial charge in [-0.3, -0.25) is 14.6 Å². The van der Waals surface area contributed by atoms with E-state index in [0.717, 1.165) is 66.8 Å². The standard InChI is InChI=1S/C38H40N4O6/c43-30-22-42-29-21-25(13-16-27(29)32(24-7-2-1-3-8-24)34(42)28-9-6-20-39-33(28)35(30)46)36(47)41-38(18-4-5-19-38)37(48)40-26-14-10-23(11-15-26)12-17-31(44)45/h6,9-17,20-21,24,30,35,43,46H,1-5,7-8,18-19,22H2,(H,40,48)(H,41,47)(H,44,45)/b17-12+/t30-,35-/m1/s1. The third-order valence-corrected chi connectivity index (χ3v) is 10.3. The highest BCUT2D eigenvalue weighted by Gasteiger charge is 2.43.